The molecule has 29 heavy (non-hydrogen) atoms. The number of hydrogen-bond donors (Lipinski definition) is 2. The molecular weight excluding hydrogens is 389 g/mol. The van der Waals surface area contributed by atoms with Gasteiger partial charge in [-0.15, -0.1) is 0 Å². The van der Waals surface area contributed by atoms with Crippen molar-refractivity contribution >= 4 is 28.5 Å². The van der Waals surface area contributed by atoms with E-state index in [1.165, 1.54) is 17.2 Å². The monoisotopic (exact) mass is 406 g/mol. The Balaban J connectivity index is 1.51. The second-order valence-corrected chi connectivity index (χ2v) is 6.87. The van der Waals surface area contributed by atoms with Crippen molar-refractivity contribution in [3.63, 3.8) is 0 Å². The Morgan fingerprint density at radius 1 is 1.31 bits per heavy atom. The number of aromatic nitrogens is 2. The highest BCUT2D eigenvalue weighted by Gasteiger charge is 2.37. The van der Waals surface area contributed by atoms with Crippen molar-refractivity contribution in [2.45, 2.75) is 19.0 Å². The zero-order valence-electron chi connectivity index (χ0n) is 15.1. The summed E-state index contributed by atoms with van der Waals surface area (Å²) >= 11 is 0. The van der Waals surface area contributed by atoms with Gasteiger partial charge in [-0.05, 0) is 43.2 Å². The Labute approximate surface area is 162 Å². The first-order chi connectivity index (χ1) is 13.8. The molecule has 10 heteroatoms. The van der Waals surface area contributed by atoms with Gasteiger partial charge in [0.2, 0.25) is 5.91 Å². The van der Waals surface area contributed by atoms with Gasteiger partial charge in [-0.1, -0.05) is 0 Å². The van der Waals surface area contributed by atoms with Crippen LogP contribution in [-0.4, -0.2) is 29.0 Å². The number of carbonyl (C=O) groups is 1. The number of fused-ring (bicyclic) bond motifs is 1. The quantitative estimate of drug-likeness (QED) is 0.696. The number of oxazole rings is 1. The number of nitrogens with one attached hydrogen (secondary N) is 2. The van der Waals surface area contributed by atoms with Crippen LogP contribution in [-0.2, 0) is 11.0 Å². The number of aromatic amines is 1. The molecule has 2 N–H and O–H groups in total. The van der Waals surface area contributed by atoms with Gasteiger partial charge >= 0.3 is 11.9 Å². The molecule has 0 bridgehead atoms. The Morgan fingerprint density at radius 3 is 2.93 bits per heavy atom. The highest BCUT2D eigenvalue weighted by atomic mass is 19.4. The van der Waals surface area contributed by atoms with Crippen molar-refractivity contribution in [2.75, 3.05) is 23.3 Å². The second kappa shape index (κ2) is 7.26. The number of H-pyrrole nitrogens is 1. The SMILES string of the molecule is O=C(Nc1ccc2oc(=O)[nH]c2c1)C1CCCN(c2ncccc2C(F)(F)F)C1. The van der Waals surface area contributed by atoms with Gasteiger partial charge in [-0.25, -0.2) is 9.78 Å². The largest absolute Gasteiger partial charge is 0.419 e. The molecule has 1 fully saturated rings. The molecule has 0 radical (unpaired) electrons. The number of carbonyl (C=O) groups excluding carboxylic acids is 1. The first kappa shape index (κ1) is 19.0. The van der Waals surface area contributed by atoms with E-state index in [4.69, 9.17) is 4.42 Å². The van der Waals surface area contributed by atoms with Crippen molar-refractivity contribution in [3.8, 4) is 0 Å². The lowest BCUT2D eigenvalue weighted by atomic mass is 9.96. The minimum Gasteiger partial charge on any atom is -0.408 e. The maximum Gasteiger partial charge on any atom is 0.419 e. The number of pyridine rings is 1. The van der Waals surface area contributed by atoms with Crippen LogP contribution in [0.3, 0.4) is 0 Å². The van der Waals surface area contributed by atoms with Crippen LogP contribution >= 0.6 is 0 Å². The van der Waals surface area contributed by atoms with Crippen molar-refractivity contribution < 1.29 is 22.4 Å². The Kier molecular flexibility index (Phi) is 4.77. The van der Waals surface area contributed by atoms with Crippen LogP contribution in [0.25, 0.3) is 11.1 Å². The fourth-order valence-corrected chi connectivity index (χ4v) is 3.53. The first-order valence-electron chi connectivity index (χ1n) is 9.02. The van der Waals surface area contributed by atoms with Gasteiger partial charge in [0, 0.05) is 25.0 Å². The lowest BCUT2D eigenvalue weighted by Crippen LogP contribution is -2.42. The molecular formula is C19H17F3N4O3. The normalized spacial score (nSPS) is 17.5. The van der Waals surface area contributed by atoms with Gasteiger partial charge < -0.3 is 14.6 Å². The third kappa shape index (κ3) is 3.96. The van der Waals surface area contributed by atoms with E-state index >= 15 is 0 Å². The van der Waals surface area contributed by atoms with E-state index in [-0.39, 0.29) is 18.3 Å². The average molecular weight is 406 g/mol. The highest BCUT2D eigenvalue weighted by molar-refractivity contribution is 5.94. The Morgan fingerprint density at radius 2 is 2.14 bits per heavy atom. The summed E-state index contributed by atoms with van der Waals surface area (Å²) in [6, 6.07) is 6.96. The van der Waals surface area contributed by atoms with Crippen LogP contribution < -0.4 is 16.0 Å². The third-order valence-electron chi connectivity index (χ3n) is 4.87. The average Bonchev–Trinajstić information content (AvgIpc) is 3.06. The first-order valence-corrected chi connectivity index (χ1v) is 9.02. The molecule has 1 aliphatic heterocycles. The summed E-state index contributed by atoms with van der Waals surface area (Å²) in [5.74, 6) is -1.55. The van der Waals surface area contributed by atoms with Crippen molar-refractivity contribution in [2.24, 2.45) is 5.92 Å². The van der Waals surface area contributed by atoms with Crippen LogP contribution in [0.2, 0.25) is 0 Å². The number of halogens is 3. The van der Waals surface area contributed by atoms with Crippen LogP contribution in [0.15, 0.2) is 45.7 Å². The number of piperidine rings is 1. The van der Waals surface area contributed by atoms with Crippen molar-refractivity contribution in [1.29, 1.82) is 0 Å². The number of nitrogens with zero attached hydrogens (tertiary/aromatic N) is 2. The van der Waals surface area contributed by atoms with Gasteiger partial charge in [-0.2, -0.15) is 13.2 Å². The predicted octanol–water partition coefficient (Wildman–Crippen LogP) is 3.39. The minimum absolute atomic E-state index is 0.136. The second-order valence-electron chi connectivity index (χ2n) is 6.87. The van der Waals surface area contributed by atoms with Crippen molar-refractivity contribution in [1.82, 2.24) is 9.97 Å². The number of benzene rings is 1. The molecule has 152 valence electrons. The molecule has 1 aromatic carbocycles. The third-order valence-corrected chi connectivity index (χ3v) is 4.87. The van der Waals surface area contributed by atoms with Crippen LogP contribution in [0.1, 0.15) is 18.4 Å². The van der Waals surface area contributed by atoms with E-state index in [1.807, 2.05) is 0 Å². The summed E-state index contributed by atoms with van der Waals surface area (Å²) < 4.78 is 44.8. The van der Waals surface area contributed by atoms with Crippen LogP contribution in [0, 0.1) is 5.92 Å². The van der Waals surface area contributed by atoms with Crippen LogP contribution in [0.5, 0.6) is 0 Å². The number of hydrogen-bond acceptors (Lipinski definition) is 5. The maximum atomic E-state index is 13.3. The molecule has 0 aliphatic carbocycles. The molecule has 0 spiro atoms. The van der Waals surface area contributed by atoms with Crippen LogP contribution in [0.4, 0.5) is 24.7 Å². The Hall–Kier alpha value is -3.30. The summed E-state index contributed by atoms with van der Waals surface area (Å²) in [6.07, 6.45) is -2.08. The number of anilines is 2. The lowest BCUT2D eigenvalue weighted by Gasteiger charge is -2.34. The van der Waals surface area contributed by atoms with Gasteiger partial charge in [0.05, 0.1) is 17.0 Å². The molecule has 3 heterocycles. The predicted molar refractivity (Wildman–Crippen MR) is 99.6 cm³/mol. The van der Waals surface area contributed by atoms with E-state index in [9.17, 15) is 22.8 Å². The molecule has 2 aromatic heterocycles. The number of amides is 1. The van der Waals surface area contributed by atoms with Gasteiger partial charge in [0.25, 0.3) is 0 Å². The van der Waals surface area contributed by atoms with Gasteiger partial charge in [0.1, 0.15) is 5.82 Å². The molecule has 4 rings (SSSR count). The van der Waals surface area contributed by atoms with E-state index in [0.29, 0.717) is 36.2 Å². The van der Waals surface area contributed by atoms with E-state index in [1.54, 1.807) is 18.2 Å². The zero-order chi connectivity index (χ0) is 20.6. The van der Waals surface area contributed by atoms with E-state index in [0.717, 1.165) is 6.07 Å². The summed E-state index contributed by atoms with van der Waals surface area (Å²) in [5.41, 5.74) is 0.467. The zero-order valence-corrected chi connectivity index (χ0v) is 15.1. The molecule has 1 amide bonds. The molecule has 7 nitrogen and oxygen atoms in total. The summed E-state index contributed by atoms with van der Waals surface area (Å²) in [4.78, 5) is 31.9. The van der Waals surface area contributed by atoms with Gasteiger partial charge in [0.15, 0.2) is 5.58 Å². The lowest BCUT2D eigenvalue weighted by molar-refractivity contribution is -0.137. The molecule has 1 saturated heterocycles. The minimum atomic E-state index is -4.52. The molecule has 0 saturated carbocycles. The summed E-state index contributed by atoms with van der Waals surface area (Å²) in [5, 5.41) is 2.76. The molecule has 1 atom stereocenters. The smallest absolute Gasteiger partial charge is 0.408 e. The molecule has 3 aromatic rings. The number of rotatable bonds is 3. The maximum absolute atomic E-state index is 13.3. The van der Waals surface area contributed by atoms with Gasteiger partial charge in [-0.3, -0.25) is 9.78 Å². The molecule has 1 aliphatic rings. The number of alkyl halides is 3. The fourth-order valence-electron chi connectivity index (χ4n) is 3.53. The van der Waals surface area contributed by atoms with Crippen molar-refractivity contribution in [3.05, 3.63) is 52.6 Å². The highest BCUT2D eigenvalue weighted by Crippen LogP contribution is 2.36. The summed E-state index contributed by atoms with van der Waals surface area (Å²) in [6.45, 7) is 0.531. The topological polar surface area (TPSA) is 91.2 Å². The standard InChI is InChI=1S/C19H17F3N4O3/c20-19(21,22)13-4-1-7-23-16(13)26-8-2-3-11(10-26)17(27)24-12-5-6-15-14(9-12)25-18(28)29-15/h1,4-7,9,11H,2-3,8,10H2,(H,24,27)(H,25,28). The Bertz CT molecular complexity index is 1110. The van der Waals surface area contributed by atoms with E-state index in [2.05, 4.69) is 15.3 Å². The van der Waals surface area contributed by atoms with E-state index < -0.39 is 23.4 Å². The summed E-state index contributed by atoms with van der Waals surface area (Å²) in [7, 11) is 0. The molecule has 1 unspecified atom stereocenters. The fraction of sp³-hybridized carbons (Fsp3) is 0.316.